The maximum Gasteiger partial charge on any atom is 0.222 e. The van der Waals surface area contributed by atoms with Crippen LogP contribution in [0, 0.1) is 0 Å². The topological polar surface area (TPSA) is 89.8 Å². The van der Waals surface area contributed by atoms with E-state index in [9.17, 15) is 9.59 Å². The Hall–Kier alpha value is -3.48. The van der Waals surface area contributed by atoms with Crippen LogP contribution in [0.1, 0.15) is 50.6 Å². The molecular formula is C24H28N2O5. The molecule has 7 nitrogen and oxygen atoms in total. The second-order valence-corrected chi connectivity index (χ2v) is 7.28. The SMILES string of the molecule is CCOc1cccc2cc(C(C)NC(=O)CC(NC(C)=O)c3ccc(OC)cc3)oc12. The molecule has 31 heavy (non-hydrogen) atoms. The first-order valence-corrected chi connectivity index (χ1v) is 10.3. The summed E-state index contributed by atoms with van der Waals surface area (Å²) in [6.07, 6.45) is 0.0979. The van der Waals surface area contributed by atoms with Crippen LogP contribution in [0.4, 0.5) is 0 Å². The second kappa shape index (κ2) is 10.0. The molecule has 7 heteroatoms. The van der Waals surface area contributed by atoms with E-state index in [2.05, 4.69) is 10.6 Å². The van der Waals surface area contributed by atoms with Crippen molar-refractivity contribution >= 4 is 22.8 Å². The van der Waals surface area contributed by atoms with Gasteiger partial charge in [0.2, 0.25) is 11.8 Å². The first kappa shape index (κ1) is 22.2. The lowest BCUT2D eigenvalue weighted by molar-refractivity contribution is -0.123. The predicted octanol–water partition coefficient (Wildman–Crippen LogP) is 4.28. The molecule has 2 atom stereocenters. The molecule has 0 fully saturated rings. The molecule has 0 spiro atoms. The summed E-state index contributed by atoms with van der Waals surface area (Å²) in [5.74, 6) is 1.61. The molecule has 0 saturated heterocycles. The van der Waals surface area contributed by atoms with Crippen LogP contribution >= 0.6 is 0 Å². The van der Waals surface area contributed by atoms with Crippen LogP contribution in [0.5, 0.6) is 11.5 Å². The number of para-hydroxylation sites is 1. The van der Waals surface area contributed by atoms with E-state index in [0.717, 1.165) is 10.9 Å². The van der Waals surface area contributed by atoms with Crippen molar-refractivity contribution in [1.82, 2.24) is 10.6 Å². The summed E-state index contributed by atoms with van der Waals surface area (Å²) in [5.41, 5.74) is 1.48. The average molecular weight is 424 g/mol. The lowest BCUT2D eigenvalue weighted by Gasteiger charge is -2.20. The van der Waals surface area contributed by atoms with Crippen molar-refractivity contribution in [2.24, 2.45) is 0 Å². The Morgan fingerprint density at radius 2 is 1.84 bits per heavy atom. The van der Waals surface area contributed by atoms with E-state index in [4.69, 9.17) is 13.9 Å². The van der Waals surface area contributed by atoms with Gasteiger partial charge in [0.15, 0.2) is 11.3 Å². The number of ether oxygens (including phenoxy) is 2. The largest absolute Gasteiger partial charge is 0.497 e. The predicted molar refractivity (Wildman–Crippen MR) is 118 cm³/mol. The third-order valence-corrected chi connectivity index (χ3v) is 4.92. The molecule has 0 aliphatic rings. The summed E-state index contributed by atoms with van der Waals surface area (Å²) < 4.78 is 16.8. The van der Waals surface area contributed by atoms with E-state index in [1.165, 1.54) is 6.92 Å². The number of rotatable bonds is 9. The maximum absolute atomic E-state index is 12.7. The van der Waals surface area contributed by atoms with Gasteiger partial charge in [0, 0.05) is 12.3 Å². The monoisotopic (exact) mass is 424 g/mol. The van der Waals surface area contributed by atoms with Crippen LogP contribution in [-0.4, -0.2) is 25.5 Å². The van der Waals surface area contributed by atoms with Gasteiger partial charge in [-0.1, -0.05) is 24.3 Å². The number of carbonyl (C=O) groups excluding carboxylic acids is 2. The molecule has 0 radical (unpaired) electrons. The minimum Gasteiger partial charge on any atom is -0.497 e. The van der Waals surface area contributed by atoms with Gasteiger partial charge >= 0.3 is 0 Å². The fourth-order valence-electron chi connectivity index (χ4n) is 3.43. The Morgan fingerprint density at radius 1 is 1.10 bits per heavy atom. The van der Waals surface area contributed by atoms with Crippen molar-refractivity contribution in [3.05, 3.63) is 59.9 Å². The van der Waals surface area contributed by atoms with Crippen molar-refractivity contribution in [3.8, 4) is 11.5 Å². The van der Waals surface area contributed by atoms with Crippen LogP contribution in [0.25, 0.3) is 11.0 Å². The summed E-state index contributed by atoms with van der Waals surface area (Å²) in [4.78, 5) is 24.4. The highest BCUT2D eigenvalue weighted by atomic mass is 16.5. The zero-order valence-corrected chi connectivity index (χ0v) is 18.2. The first-order chi connectivity index (χ1) is 14.9. The molecule has 3 aromatic rings. The number of fused-ring (bicyclic) bond motifs is 1. The Bertz CT molecular complexity index is 1040. The number of hydrogen-bond acceptors (Lipinski definition) is 5. The molecule has 1 aromatic heterocycles. The normalized spacial score (nSPS) is 12.8. The Kier molecular flexibility index (Phi) is 7.18. The van der Waals surface area contributed by atoms with Crippen LogP contribution in [-0.2, 0) is 9.59 Å². The molecule has 0 aliphatic carbocycles. The third-order valence-electron chi connectivity index (χ3n) is 4.92. The van der Waals surface area contributed by atoms with E-state index < -0.39 is 6.04 Å². The van der Waals surface area contributed by atoms with Gasteiger partial charge in [0.1, 0.15) is 11.5 Å². The number of nitrogens with one attached hydrogen (secondary N) is 2. The molecule has 0 bridgehead atoms. The highest BCUT2D eigenvalue weighted by Crippen LogP contribution is 2.31. The van der Waals surface area contributed by atoms with E-state index in [-0.39, 0.29) is 24.3 Å². The molecule has 0 aliphatic heterocycles. The van der Waals surface area contributed by atoms with Crippen LogP contribution < -0.4 is 20.1 Å². The first-order valence-electron chi connectivity index (χ1n) is 10.3. The number of hydrogen-bond donors (Lipinski definition) is 2. The van der Waals surface area contributed by atoms with Crippen molar-refractivity contribution in [2.75, 3.05) is 13.7 Å². The molecule has 2 aromatic carbocycles. The number of methoxy groups -OCH3 is 1. The van der Waals surface area contributed by atoms with Gasteiger partial charge < -0.3 is 24.5 Å². The molecule has 2 amide bonds. The molecule has 164 valence electrons. The van der Waals surface area contributed by atoms with E-state index in [0.29, 0.717) is 29.4 Å². The van der Waals surface area contributed by atoms with Crippen molar-refractivity contribution in [3.63, 3.8) is 0 Å². The van der Waals surface area contributed by atoms with E-state index in [1.54, 1.807) is 19.2 Å². The van der Waals surface area contributed by atoms with Gasteiger partial charge in [0.25, 0.3) is 0 Å². The zero-order chi connectivity index (χ0) is 22.4. The average Bonchev–Trinajstić information content (AvgIpc) is 3.19. The molecule has 3 rings (SSSR count). The quantitative estimate of drug-likeness (QED) is 0.535. The molecule has 2 N–H and O–H groups in total. The van der Waals surface area contributed by atoms with Crippen molar-refractivity contribution in [2.45, 2.75) is 39.3 Å². The van der Waals surface area contributed by atoms with Gasteiger partial charge in [-0.3, -0.25) is 9.59 Å². The molecule has 0 saturated carbocycles. The van der Waals surface area contributed by atoms with Crippen molar-refractivity contribution < 1.29 is 23.5 Å². The van der Waals surface area contributed by atoms with Gasteiger partial charge in [-0.05, 0) is 43.7 Å². The highest BCUT2D eigenvalue weighted by Gasteiger charge is 2.21. The lowest BCUT2D eigenvalue weighted by Crippen LogP contribution is -2.33. The molecular weight excluding hydrogens is 396 g/mol. The summed E-state index contributed by atoms with van der Waals surface area (Å²) in [7, 11) is 1.59. The minimum atomic E-state index is -0.448. The van der Waals surface area contributed by atoms with E-state index in [1.807, 2.05) is 50.2 Å². The fraction of sp³-hybridized carbons (Fsp3) is 0.333. The zero-order valence-electron chi connectivity index (χ0n) is 18.2. The Balaban J connectivity index is 1.71. The molecule has 2 unspecified atom stereocenters. The third kappa shape index (κ3) is 5.57. The van der Waals surface area contributed by atoms with Crippen LogP contribution in [0.2, 0.25) is 0 Å². The van der Waals surface area contributed by atoms with Gasteiger partial charge in [-0.2, -0.15) is 0 Å². The number of furan rings is 1. The summed E-state index contributed by atoms with van der Waals surface area (Å²) in [5, 5.41) is 6.71. The Morgan fingerprint density at radius 3 is 2.48 bits per heavy atom. The number of benzene rings is 2. The summed E-state index contributed by atoms with van der Waals surface area (Å²) >= 11 is 0. The van der Waals surface area contributed by atoms with Gasteiger partial charge in [-0.15, -0.1) is 0 Å². The highest BCUT2D eigenvalue weighted by molar-refractivity contribution is 5.84. The molecule has 1 heterocycles. The Labute approximate surface area is 181 Å². The van der Waals surface area contributed by atoms with Gasteiger partial charge in [-0.25, -0.2) is 0 Å². The smallest absolute Gasteiger partial charge is 0.222 e. The van der Waals surface area contributed by atoms with Crippen LogP contribution in [0.15, 0.2) is 52.9 Å². The summed E-state index contributed by atoms with van der Waals surface area (Å²) in [6, 6.07) is 14.1. The summed E-state index contributed by atoms with van der Waals surface area (Å²) in [6.45, 7) is 5.75. The second-order valence-electron chi connectivity index (χ2n) is 7.28. The van der Waals surface area contributed by atoms with E-state index >= 15 is 0 Å². The number of amides is 2. The van der Waals surface area contributed by atoms with Crippen LogP contribution in [0.3, 0.4) is 0 Å². The van der Waals surface area contributed by atoms with Crippen molar-refractivity contribution in [1.29, 1.82) is 0 Å². The van der Waals surface area contributed by atoms with Gasteiger partial charge in [0.05, 0.1) is 32.2 Å². The lowest BCUT2D eigenvalue weighted by atomic mass is 10.0. The fourth-order valence-corrected chi connectivity index (χ4v) is 3.43. The standard InChI is InChI=1S/C24H28N2O5/c1-5-30-21-8-6-7-18-13-22(31-24(18)21)15(2)25-23(28)14-20(26-16(3)27)17-9-11-19(29-4)12-10-17/h6-13,15,20H,5,14H2,1-4H3,(H,25,28)(H,26,27). The minimum absolute atomic E-state index is 0.0979. The maximum atomic E-state index is 12.7. The number of carbonyl (C=O) groups is 2.